The molecule has 0 atom stereocenters. The molecular weight excluding hydrogens is 278 g/mol. The van der Waals surface area contributed by atoms with Crippen molar-refractivity contribution < 1.29 is 14.4 Å². The number of hydrogen-bond donors (Lipinski definition) is 1. The first kappa shape index (κ1) is 13.0. The number of fused-ring (bicyclic) bond motifs is 2. The van der Waals surface area contributed by atoms with E-state index in [1.54, 1.807) is 42.5 Å². The van der Waals surface area contributed by atoms with Crippen molar-refractivity contribution in [1.82, 2.24) is 0 Å². The van der Waals surface area contributed by atoms with Gasteiger partial charge in [-0.25, -0.2) is 0 Å². The predicted molar refractivity (Wildman–Crippen MR) is 81.1 cm³/mol. The molecule has 2 aliphatic carbocycles. The maximum atomic E-state index is 12.7. The maximum Gasteiger partial charge on any atom is 0.227 e. The van der Waals surface area contributed by atoms with Crippen molar-refractivity contribution in [2.24, 2.45) is 5.92 Å². The SMILES string of the molecule is O=C1c2ccccc2C(=O)c2c(NC(=O)C3CC3)cccc21. The van der Waals surface area contributed by atoms with Crippen LogP contribution < -0.4 is 5.32 Å². The second-order valence-electron chi connectivity index (χ2n) is 5.70. The minimum absolute atomic E-state index is 0.0394. The van der Waals surface area contributed by atoms with E-state index in [0.717, 1.165) is 12.8 Å². The molecule has 1 saturated carbocycles. The smallest absolute Gasteiger partial charge is 0.227 e. The summed E-state index contributed by atoms with van der Waals surface area (Å²) in [5, 5.41) is 2.80. The third-order valence-electron chi connectivity index (χ3n) is 4.16. The molecule has 1 fully saturated rings. The lowest BCUT2D eigenvalue weighted by atomic mass is 9.83. The standard InChI is InChI=1S/C18H13NO3/c20-16-11-4-1-2-5-12(11)17(21)15-13(16)6-3-7-14(15)19-18(22)10-8-9-10/h1-7,10H,8-9H2,(H,19,22). The Balaban J connectivity index is 1.84. The van der Waals surface area contributed by atoms with Gasteiger partial charge in [0.2, 0.25) is 5.91 Å². The molecular formula is C18H13NO3. The third kappa shape index (κ3) is 1.88. The first-order chi connectivity index (χ1) is 10.7. The first-order valence-corrected chi connectivity index (χ1v) is 7.29. The van der Waals surface area contributed by atoms with E-state index in [2.05, 4.69) is 5.32 Å². The van der Waals surface area contributed by atoms with Crippen LogP contribution in [0.25, 0.3) is 0 Å². The van der Waals surface area contributed by atoms with Crippen LogP contribution in [0.15, 0.2) is 42.5 Å². The van der Waals surface area contributed by atoms with Crippen molar-refractivity contribution in [2.75, 3.05) is 5.32 Å². The van der Waals surface area contributed by atoms with Crippen molar-refractivity contribution in [1.29, 1.82) is 0 Å². The van der Waals surface area contributed by atoms with Gasteiger partial charge < -0.3 is 5.32 Å². The summed E-state index contributed by atoms with van der Waals surface area (Å²) in [5.41, 5.74) is 1.92. The monoisotopic (exact) mass is 291 g/mol. The van der Waals surface area contributed by atoms with Gasteiger partial charge in [-0.3, -0.25) is 14.4 Å². The fourth-order valence-electron chi connectivity index (χ4n) is 2.83. The minimum Gasteiger partial charge on any atom is -0.325 e. The third-order valence-corrected chi connectivity index (χ3v) is 4.16. The number of rotatable bonds is 2. The van der Waals surface area contributed by atoms with Crippen LogP contribution in [0.2, 0.25) is 0 Å². The summed E-state index contributed by atoms with van der Waals surface area (Å²) in [6, 6.07) is 11.8. The Hall–Kier alpha value is -2.75. The molecule has 0 spiro atoms. The van der Waals surface area contributed by atoms with Crippen LogP contribution in [0.4, 0.5) is 5.69 Å². The van der Waals surface area contributed by atoms with Crippen molar-refractivity contribution in [3.8, 4) is 0 Å². The molecule has 0 radical (unpaired) electrons. The van der Waals surface area contributed by atoms with Gasteiger partial charge in [-0.15, -0.1) is 0 Å². The van der Waals surface area contributed by atoms with Crippen LogP contribution in [0, 0.1) is 5.92 Å². The molecule has 2 aromatic carbocycles. The van der Waals surface area contributed by atoms with E-state index >= 15 is 0 Å². The molecule has 0 saturated heterocycles. The molecule has 0 unspecified atom stereocenters. The van der Waals surface area contributed by atoms with Crippen LogP contribution >= 0.6 is 0 Å². The quantitative estimate of drug-likeness (QED) is 0.789. The van der Waals surface area contributed by atoms with Crippen molar-refractivity contribution in [3.05, 3.63) is 64.7 Å². The van der Waals surface area contributed by atoms with Crippen LogP contribution in [0.3, 0.4) is 0 Å². The topological polar surface area (TPSA) is 63.2 Å². The number of hydrogen-bond acceptors (Lipinski definition) is 3. The zero-order valence-electron chi connectivity index (χ0n) is 11.8. The molecule has 22 heavy (non-hydrogen) atoms. The van der Waals surface area contributed by atoms with Gasteiger partial charge in [-0.05, 0) is 18.9 Å². The lowest BCUT2D eigenvalue weighted by Gasteiger charge is -2.20. The van der Waals surface area contributed by atoms with Gasteiger partial charge in [-0.2, -0.15) is 0 Å². The molecule has 4 nitrogen and oxygen atoms in total. The Morgan fingerprint density at radius 3 is 2.18 bits per heavy atom. The van der Waals surface area contributed by atoms with E-state index in [9.17, 15) is 14.4 Å². The van der Waals surface area contributed by atoms with Crippen molar-refractivity contribution in [3.63, 3.8) is 0 Å². The maximum absolute atomic E-state index is 12.7. The lowest BCUT2D eigenvalue weighted by Crippen LogP contribution is -2.24. The van der Waals surface area contributed by atoms with E-state index < -0.39 is 0 Å². The highest BCUT2D eigenvalue weighted by molar-refractivity contribution is 6.30. The molecule has 108 valence electrons. The molecule has 2 aliphatic rings. The molecule has 2 aromatic rings. The number of ketones is 2. The highest BCUT2D eigenvalue weighted by Gasteiger charge is 2.34. The van der Waals surface area contributed by atoms with Crippen LogP contribution in [0.1, 0.15) is 44.7 Å². The number of benzene rings is 2. The summed E-state index contributed by atoms with van der Waals surface area (Å²) in [4.78, 5) is 37.3. The van der Waals surface area contributed by atoms with Crippen molar-refractivity contribution >= 4 is 23.2 Å². The van der Waals surface area contributed by atoms with Gasteiger partial charge >= 0.3 is 0 Å². The number of carbonyl (C=O) groups excluding carboxylic acids is 3. The second kappa shape index (κ2) is 4.63. The van der Waals surface area contributed by atoms with Crippen molar-refractivity contribution in [2.45, 2.75) is 12.8 Å². The Labute approximate surface area is 127 Å². The van der Waals surface area contributed by atoms with E-state index in [-0.39, 0.29) is 23.4 Å². The van der Waals surface area contributed by atoms with Gasteiger partial charge in [0.05, 0.1) is 11.3 Å². The Morgan fingerprint density at radius 2 is 1.50 bits per heavy atom. The Bertz CT molecular complexity index is 834. The Morgan fingerprint density at radius 1 is 0.864 bits per heavy atom. The summed E-state index contributed by atoms with van der Waals surface area (Å²) < 4.78 is 0. The molecule has 0 aromatic heterocycles. The Kier molecular flexibility index (Phi) is 2.73. The number of amides is 1. The average molecular weight is 291 g/mol. The predicted octanol–water partition coefficient (Wildman–Crippen LogP) is 2.81. The lowest BCUT2D eigenvalue weighted by molar-refractivity contribution is -0.117. The highest BCUT2D eigenvalue weighted by Crippen LogP contribution is 2.34. The van der Waals surface area contributed by atoms with Gasteiger partial charge in [0, 0.05) is 22.6 Å². The van der Waals surface area contributed by atoms with E-state index in [1.165, 1.54) is 0 Å². The summed E-state index contributed by atoms with van der Waals surface area (Å²) >= 11 is 0. The van der Waals surface area contributed by atoms with Gasteiger partial charge in [-0.1, -0.05) is 36.4 Å². The van der Waals surface area contributed by atoms with Gasteiger partial charge in [0.1, 0.15) is 0 Å². The second-order valence-corrected chi connectivity index (χ2v) is 5.70. The molecule has 0 heterocycles. The zero-order valence-corrected chi connectivity index (χ0v) is 11.8. The zero-order chi connectivity index (χ0) is 15.3. The summed E-state index contributed by atoms with van der Waals surface area (Å²) in [7, 11) is 0. The summed E-state index contributed by atoms with van der Waals surface area (Å²) in [6.07, 6.45) is 1.77. The molecule has 4 heteroatoms. The molecule has 1 amide bonds. The fourth-order valence-corrected chi connectivity index (χ4v) is 2.83. The number of nitrogens with one attached hydrogen (secondary N) is 1. The van der Waals surface area contributed by atoms with E-state index in [4.69, 9.17) is 0 Å². The molecule has 4 rings (SSSR count). The first-order valence-electron chi connectivity index (χ1n) is 7.29. The summed E-state index contributed by atoms with van der Waals surface area (Å²) in [6.45, 7) is 0. The van der Waals surface area contributed by atoms with Gasteiger partial charge in [0.25, 0.3) is 0 Å². The largest absolute Gasteiger partial charge is 0.325 e. The molecule has 0 aliphatic heterocycles. The average Bonchev–Trinajstić information content (AvgIpc) is 3.37. The normalized spacial score (nSPS) is 16.0. The molecule has 0 bridgehead atoms. The van der Waals surface area contributed by atoms with Crippen LogP contribution in [-0.2, 0) is 4.79 Å². The fraction of sp³-hybridized carbons (Fsp3) is 0.167. The van der Waals surface area contributed by atoms with E-state index in [0.29, 0.717) is 27.9 Å². The summed E-state index contributed by atoms with van der Waals surface area (Å²) in [5.74, 6) is -0.422. The highest BCUT2D eigenvalue weighted by atomic mass is 16.2. The number of anilines is 1. The molecule has 1 N–H and O–H groups in total. The van der Waals surface area contributed by atoms with E-state index in [1.807, 2.05) is 0 Å². The number of carbonyl (C=O) groups is 3. The van der Waals surface area contributed by atoms with Gasteiger partial charge in [0.15, 0.2) is 11.6 Å². The van der Waals surface area contributed by atoms with Crippen LogP contribution in [-0.4, -0.2) is 17.5 Å². The van der Waals surface area contributed by atoms with Crippen LogP contribution in [0.5, 0.6) is 0 Å². The minimum atomic E-state index is -0.211.